The molecule has 1 N–H and O–H groups in total. The van der Waals surface area contributed by atoms with Crippen molar-refractivity contribution < 1.29 is 13.6 Å². The molecule has 1 atom stereocenters. The first-order valence-electron chi connectivity index (χ1n) is 10.2. The highest BCUT2D eigenvalue weighted by molar-refractivity contribution is 5.99. The summed E-state index contributed by atoms with van der Waals surface area (Å²) in [7, 11) is 0. The van der Waals surface area contributed by atoms with E-state index in [0.29, 0.717) is 17.7 Å². The molecule has 0 bridgehead atoms. The lowest BCUT2D eigenvalue weighted by Gasteiger charge is -2.24. The summed E-state index contributed by atoms with van der Waals surface area (Å²) in [4.78, 5) is 14.7. The van der Waals surface area contributed by atoms with Crippen LogP contribution in [0.3, 0.4) is 0 Å². The average Bonchev–Trinajstić information content (AvgIpc) is 3.32. The second kappa shape index (κ2) is 6.49. The summed E-state index contributed by atoms with van der Waals surface area (Å²) in [6.07, 6.45) is 1.96. The van der Waals surface area contributed by atoms with Crippen molar-refractivity contribution in [2.75, 3.05) is 0 Å². The molecule has 1 aliphatic carbocycles. The van der Waals surface area contributed by atoms with Gasteiger partial charge in [-0.15, -0.1) is 0 Å². The molecule has 0 spiro atoms. The Morgan fingerprint density at radius 3 is 2.67 bits per heavy atom. The molecule has 154 valence electrons. The lowest BCUT2D eigenvalue weighted by Crippen LogP contribution is -2.27. The fourth-order valence-corrected chi connectivity index (χ4v) is 4.75. The van der Waals surface area contributed by atoms with E-state index in [-0.39, 0.29) is 17.4 Å². The minimum Gasteiger partial charge on any atom is -0.328 e. The molecular formula is C24H23F2N3O. The van der Waals surface area contributed by atoms with Crippen LogP contribution in [0, 0.1) is 17.0 Å². The fourth-order valence-electron chi connectivity index (χ4n) is 4.75. The third-order valence-corrected chi connectivity index (χ3v) is 6.37. The Balaban J connectivity index is 1.45. The van der Waals surface area contributed by atoms with E-state index in [2.05, 4.69) is 24.0 Å². The summed E-state index contributed by atoms with van der Waals surface area (Å²) in [5, 5.41) is 7.72. The molecule has 1 aromatic heterocycles. The second-order valence-corrected chi connectivity index (χ2v) is 9.20. The van der Waals surface area contributed by atoms with Crippen LogP contribution in [0.2, 0.25) is 0 Å². The lowest BCUT2D eigenvalue weighted by atomic mass is 9.90. The average molecular weight is 407 g/mol. The van der Waals surface area contributed by atoms with Crippen molar-refractivity contribution in [2.45, 2.75) is 46.2 Å². The molecule has 1 aliphatic heterocycles. The van der Waals surface area contributed by atoms with Crippen LogP contribution in [-0.4, -0.2) is 21.0 Å². The quantitative estimate of drug-likeness (QED) is 0.649. The number of nitrogens with zero attached hydrogens (tertiary/aromatic N) is 2. The van der Waals surface area contributed by atoms with Crippen LogP contribution in [0.1, 0.15) is 59.6 Å². The van der Waals surface area contributed by atoms with Gasteiger partial charge in [0, 0.05) is 28.9 Å². The fraction of sp³-hybridized carbons (Fsp3) is 0.333. The zero-order valence-corrected chi connectivity index (χ0v) is 17.2. The number of aromatic amines is 1. The Hall–Kier alpha value is -3.02. The number of fused-ring (bicyclic) bond motifs is 2. The van der Waals surface area contributed by atoms with Gasteiger partial charge in [-0.05, 0) is 60.6 Å². The van der Waals surface area contributed by atoms with Crippen molar-refractivity contribution in [1.82, 2.24) is 15.1 Å². The third kappa shape index (κ3) is 2.93. The number of benzene rings is 2. The zero-order valence-electron chi connectivity index (χ0n) is 17.2. The number of carbonyl (C=O) groups excluding carboxylic acids is 1. The van der Waals surface area contributed by atoms with E-state index < -0.39 is 11.6 Å². The lowest BCUT2D eigenvalue weighted by molar-refractivity contribution is 0.0715. The number of H-pyrrole nitrogens is 1. The molecule has 6 heteroatoms. The van der Waals surface area contributed by atoms with Gasteiger partial charge in [0.1, 0.15) is 0 Å². The number of hydrogen-bond acceptors (Lipinski definition) is 2. The molecule has 1 amide bonds. The smallest absolute Gasteiger partial charge is 0.255 e. The first-order chi connectivity index (χ1) is 14.2. The number of aromatic nitrogens is 2. The van der Waals surface area contributed by atoms with Crippen LogP contribution < -0.4 is 0 Å². The summed E-state index contributed by atoms with van der Waals surface area (Å²) in [5.41, 5.74) is 6.79. The summed E-state index contributed by atoms with van der Waals surface area (Å²) >= 11 is 0. The summed E-state index contributed by atoms with van der Waals surface area (Å²) < 4.78 is 27.0. The predicted octanol–water partition coefficient (Wildman–Crippen LogP) is 5.20. The van der Waals surface area contributed by atoms with Crippen LogP contribution in [0.5, 0.6) is 0 Å². The van der Waals surface area contributed by atoms with Gasteiger partial charge in [-0.25, -0.2) is 8.78 Å². The first-order valence-corrected chi connectivity index (χ1v) is 10.2. The van der Waals surface area contributed by atoms with Gasteiger partial charge in [0.2, 0.25) is 0 Å². The van der Waals surface area contributed by atoms with Gasteiger partial charge in [-0.3, -0.25) is 9.89 Å². The molecule has 4 nitrogen and oxygen atoms in total. The van der Waals surface area contributed by atoms with Gasteiger partial charge in [0.15, 0.2) is 11.6 Å². The largest absolute Gasteiger partial charge is 0.328 e. The van der Waals surface area contributed by atoms with Crippen LogP contribution in [0.4, 0.5) is 8.78 Å². The normalized spacial score (nSPS) is 17.9. The molecule has 2 aliphatic rings. The number of rotatable bonds is 3. The van der Waals surface area contributed by atoms with Gasteiger partial charge in [0.25, 0.3) is 5.91 Å². The van der Waals surface area contributed by atoms with Crippen molar-refractivity contribution in [3.63, 3.8) is 0 Å². The number of amides is 1. The van der Waals surface area contributed by atoms with Crippen molar-refractivity contribution in [1.29, 1.82) is 0 Å². The van der Waals surface area contributed by atoms with Crippen LogP contribution in [0.15, 0.2) is 36.4 Å². The second-order valence-electron chi connectivity index (χ2n) is 9.20. The SMILES string of the molecule is CC(c1ccc(F)c(F)c1)N1Cc2cc(-c3n[nH]c4c3CC(C)(C)C4)ccc2C1=O. The Morgan fingerprint density at radius 1 is 1.10 bits per heavy atom. The topological polar surface area (TPSA) is 49.0 Å². The molecule has 0 fully saturated rings. The predicted molar refractivity (Wildman–Crippen MR) is 110 cm³/mol. The maximum Gasteiger partial charge on any atom is 0.255 e. The van der Waals surface area contributed by atoms with E-state index in [9.17, 15) is 13.6 Å². The molecular weight excluding hydrogens is 384 g/mol. The monoisotopic (exact) mass is 407 g/mol. The molecule has 30 heavy (non-hydrogen) atoms. The third-order valence-electron chi connectivity index (χ3n) is 6.37. The number of halogens is 2. The maximum atomic E-state index is 13.7. The highest BCUT2D eigenvalue weighted by atomic mass is 19.2. The molecule has 0 saturated heterocycles. The minimum atomic E-state index is -0.902. The standard InChI is InChI=1S/C24H23F2N3O/c1-13(14-5-7-19(25)20(26)9-14)29-12-16-8-15(4-6-17(16)23(29)30)22-18-10-24(2,3)11-21(18)27-28-22/h4-9,13H,10-12H2,1-3H3,(H,27,28). The first kappa shape index (κ1) is 19.0. The Kier molecular flexibility index (Phi) is 4.10. The molecule has 2 aromatic carbocycles. The molecule has 3 aromatic rings. The zero-order chi connectivity index (χ0) is 21.2. The highest BCUT2D eigenvalue weighted by Crippen LogP contribution is 2.41. The van der Waals surface area contributed by atoms with Crippen molar-refractivity contribution in [2.24, 2.45) is 5.41 Å². The van der Waals surface area contributed by atoms with Gasteiger partial charge < -0.3 is 4.90 Å². The molecule has 0 radical (unpaired) electrons. The molecule has 1 unspecified atom stereocenters. The van der Waals surface area contributed by atoms with Gasteiger partial charge in [-0.1, -0.05) is 26.0 Å². The van der Waals surface area contributed by atoms with Crippen LogP contribution >= 0.6 is 0 Å². The number of carbonyl (C=O) groups is 1. The van der Waals surface area contributed by atoms with Crippen LogP contribution in [0.25, 0.3) is 11.3 Å². The van der Waals surface area contributed by atoms with Crippen molar-refractivity contribution in [3.8, 4) is 11.3 Å². The molecule has 5 rings (SSSR count). The summed E-state index contributed by atoms with van der Waals surface area (Å²) in [6, 6.07) is 9.27. The summed E-state index contributed by atoms with van der Waals surface area (Å²) in [5.74, 6) is -1.88. The van der Waals surface area contributed by atoms with E-state index >= 15 is 0 Å². The van der Waals surface area contributed by atoms with E-state index in [1.54, 1.807) is 4.90 Å². The van der Waals surface area contributed by atoms with Crippen molar-refractivity contribution >= 4 is 5.91 Å². The van der Waals surface area contributed by atoms with E-state index in [0.717, 1.165) is 41.8 Å². The summed E-state index contributed by atoms with van der Waals surface area (Å²) in [6.45, 7) is 6.77. The minimum absolute atomic E-state index is 0.0952. The Labute approximate surface area is 173 Å². The van der Waals surface area contributed by atoms with Crippen LogP contribution in [-0.2, 0) is 19.4 Å². The van der Waals surface area contributed by atoms with Gasteiger partial charge in [0.05, 0.1) is 11.7 Å². The Morgan fingerprint density at radius 2 is 1.90 bits per heavy atom. The Bertz CT molecular complexity index is 1180. The van der Waals surface area contributed by atoms with E-state index in [1.807, 2.05) is 25.1 Å². The molecule has 2 heterocycles. The maximum absolute atomic E-state index is 13.7. The number of hydrogen-bond donors (Lipinski definition) is 1. The van der Waals surface area contributed by atoms with Gasteiger partial charge in [-0.2, -0.15) is 5.10 Å². The molecule has 0 saturated carbocycles. The van der Waals surface area contributed by atoms with Gasteiger partial charge >= 0.3 is 0 Å². The van der Waals surface area contributed by atoms with E-state index in [4.69, 9.17) is 0 Å². The number of nitrogens with one attached hydrogen (secondary N) is 1. The highest BCUT2D eigenvalue weighted by Gasteiger charge is 2.35. The van der Waals surface area contributed by atoms with E-state index in [1.165, 1.54) is 17.3 Å². The van der Waals surface area contributed by atoms with Crippen molar-refractivity contribution in [3.05, 3.63) is 76.0 Å².